The van der Waals surface area contributed by atoms with Gasteiger partial charge in [-0.3, -0.25) is 19.3 Å². The van der Waals surface area contributed by atoms with E-state index in [-0.39, 0.29) is 30.4 Å². The Kier molecular flexibility index (Phi) is 8.51. The summed E-state index contributed by atoms with van der Waals surface area (Å²) in [7, 11) is 0. The molecule has 0 spiro atoms. The number of thiophene rings is 1. The van der Waals surface area contributed by atoms with Crippen molar-refractivity contribution in [3.05, 3.63) is 87.6 Å². The lowest BCUT2D eigenvalue weighted by molar-refractivity contribution is -0.126. The van der Waals surface area contributed by atoms with Crippen LogP contribution in [0.5, 0.6) is 0 Å². The van der Waals surface area contributed by atoms with Crippen molar-refractivity contribution in [3.63, 3.8) is 0 Å². The maximum atomic E-state index is 13.7. The summed E-state index contributed by atoms with van der Waals surface area (Å²) in [4.78, 5) is 42.0. The van der Waals surface area contributed by atoms with Crippen LogP contribution in [0.25, 0.3) is 0 Å². The zero-order valence-electron chi connectivity index (χ0n) is 20.5. The number of benzene rings is 2. The predicted octanol–water partition coefficient (Wildman–Crippen LogP) is 4.16. The smallest absolute Gasteiger partial charge is 0.261 e. The van der Waals surface area contributed by atoms with Gasteiger partial charge in [0.25, 0.3) is 5.91 Å². The normalized spacial score (nSPS) is 15.8. The molecular formula is C28H31N3O4S. The molecule has 0 saturated carbocycles. The molecule has 1 aliphatic rings. The third kappa shape index (κ3) is 6.19. The SMILES string of the molecule is Cc1ccc(N(C(=O)CNC(=O)c2cccs2)[C@@H](C(=O)NC[C@@H]2CCCO2)c2ccccc2)c(C)c1. The topological polar surface area (TPSA) is 87.7 Å². The minimum Gasteiger partial charge on any atom is -0.376 e. The maximum absolute atomic E-state index is 13.7. The molecule has 2 atom stereocenters. The number of carbonyl (C=O) groups is 3. The Bertz CT molecular complexity index is 1190. The van der Waals surface area contributed by atoms with Crippen LogP contribution in [-0.2, 0) is 14.3 Å². The zero-order valence-corrected chi connectivity index (χ0v) is 21.3. The van der Waals surface area contributed by atoms with Crippen LogP contribution in [0.15, 0.2) is 66.0 Å². The lowest BCUT2D eigenvalue weighted by Crippen LogP contribution is -2.48. The molecule has 0 aliphatic carbocycles. The lowest BCUT2D eigenvalue weighted by Gasteiger charge is -2.33. The van der Waals surface area contributed by atoms with Crippen LogP contribution in [0, 0.1) is 13.8 Å². The van der Waals surface area contributed by atoms with E-state index in [2.05, 4.69) is 10.6 Å². The van der Waals surface area contributed by atoms with Gasteiger partial charge in [-0.25, -0.2) is 0 Å². The molecule has 2 heterocycles. The summed E-state index contributed by atoms with van der Waals surface area (Å²) in [5.74, 6) is -0.999. The second-order valence-electron chi connectivity index (χ2n) is 8.91. The molecule has 3 aromatic rings. The van der Waals surface area contributed by atoms with Crippen LogP contribution in [0.1, 0.15) is 45.2 Å². The first-order valence-electron chi connectivity index (χ1n) is 12.1. The largest absolute Gasteiger partial charge is 0.376 e. The Morgan fingerprint density at radius 2 is 1.86 bits per heavy atom. The van der Waals surface area contributed by atoms with Crippen molar-refractivity contribution in [3.8, 4) is 0 Å². The van der Waals surface area contributed by atoms with Crippen molar-refractivity contribution < 1.29 is 19.1 Å². The highest BCUT2D eigenvalue weighted by atomic mass is 32.1. The minimum absolute atomic E-state index is 0.0271. The molecule has 0 radical (unpaired) electrons. The molecule has 1 aromatic heterocycles. The molecule has 2 aromatic carbocycles. The van der Waals surface area contributed by atoms with Crippen LogP contribution in [0.4, 0.5) is 5.69 Å². The van der Waals surface area contributed by atoms with Gasteiger partial charge in [-0.2, -0.15) is 0 Å². The summed E-state index contributed by atoms with van der Waals surface area (Å²) in [6.07, 6.45) is 1.84. The quantitative estimate of drug-likeness (QED) is 0.457. The van der Waals surface area contributed by atoms with E-state index < -0.39 is 6.04 Å². The molecule has 0 bridgehead atoms. The number of rotatable bonds is 9. The Morgan fingerprint density at radius 3 is 2.53 bits per heavy atom. The molecule has 3 amide bonds. The minimum atomic E-state index is -0.917. The van der Waals surface area contributed by atoms with Crippen LogP contribution >= 0.6 is 11.3 Å². The third-order valence-electron chi connectivity index (χ3n) is 6.18. The third-order valence-corrected chi connectivity index (χ3v) is 7.04. The van der Waals surface area contributed by atoms with E-state index in [0.717, 1.165) is 24.0 Å². The Labute approximate surface area is 215 Å². The van der Waals surface area contributed by atoms with Crippen molar-refractivity contribution in [1.82, 2.24) is 10.6 Å². The van der Waals surface area contributed by atoms with E-state index in [0.29, 0.717) is 29.3 Å². The predicted molar refractivity (Wildman–Crippen MR) is 141 cm³/mol. The zero-order chi connectivity index (χ0) is 25.5. The first kappa shape index (κ1) is 25.6. The number of nitrogens with zero attached hydrogens (tertiary/aromatic N) is 1. The van der Waals surface area contributed by atoms with Gasteiger partial charge < -0.3 is 15.4 Å². The molecular weight excluding hydrogens is 474 g/mol. The number of carbonyl (C=O) groups excluding carboxylic acids is 3. The van der Waals surface area contributed by atoms with E-state index in [1.807, 2.05) is 67.8 Å². The van der Waals surface area contributed by atoms with Gasteiger partial charge >= 0.3 is 0 Å². The van der Waals surface area contributed by atoms with Gasteiger partial charge in [-0.1, -0.05) is 54.1 Å². The molecule has 36 heavy (non-hydrogen) atoms. The van der Waals surface area contributed by atoms with Crippen molar-refractivity contribution in [2.45, 2.75) is 38.8 Å². The van der Waals surface area contributed by atoms with Gasteiger partial charge in [0.15, 0.2) is 0 Å². The monoisotopic (exact) mass is 505 g/mol. The van der Waals surface area contributed by atoms with E-state index in [1.165, 1.54) is 16.2 Å². The average molecular weight is 506 g/mol. The van der Waals surface area contributed by atoms with Gasteiger partial charge in [0.1, 0.15) is 6.04 Å². The molecule has 7 nitrogen and oxygen atoms in total. The number of hydrogen-bond acceptors (Lipinski definition) is 5. The molecule has 1 fully saturated rings. The maximum Gasteiger partial charge on any atom is 0.261 e. The Balaban J connectivity index is 1.66. The van der Waals surface area contributed by atoms with Crippen molar-refractivity contribution in [2.24, 2.45) is 0 Å². The Morgan fingerprint density at radius 1 is 1.06 bits per heavy atom. The number of anilines is 1. The first-order valence-corrected chi connectivity index (χ1v) is 13.0. The summed E-state index contributed by atoms with van der Waals surface area (Å²) in [6.45, 7) is 4.73. The number of amides is 3. The standard InChI is InChI=1S/C28H31N3O4S/c1-19-12-13-23(20(2)16-19)31(25(32)18-30-27(33)24-11-7-15-36-24)26(21-8-4-3-5-9-21)28(34)29-17-22-10-6-14-35-22/h3-5,7-9,11-13,15-16,22,26H,6,10,14,17-18H2,1-2H3,(H,29,34)(H,30,33)/t22-,26+/m0/s1. The fraction of sp³-hybridized carbons (Fsp3) is 0.321. The van der Waals surface area contributed by atoms with Crippen molar-refractivity contribution in [2.75, 3.05) is 24.6 Å². The number of hydrogen-bond donors (Lipinski definition) is 2. The number of nitrogens with one attached hydrogen (secondary N) is 2. The molecule has 0 unspecified atom stereocenters. The van der Waals surface area contributed by atoms with E-state index in [9.17, 15) is 14.4 Å². The van der Waals surface area contributed by atoms with Crippen LogP contribution in [0.3, 0.4) is 0 Å². The van der Waals surface area contributed by atoms with Crippen molar-refractivity contribution in [1.29, 1.82) is 0 Å². The van der Waals surface area contributed by atoms with Gasteiger partial charge in [0.05, 0.1) is 17.5 Å². The molecule has 8 heteroatoms. The molecule has 4 rings (SSSR count). The molecule has 2 N–H and O–H groups in total. The van der Waals surface area contributed by atoms with Gasteiger partial charge in [0.2, 0.25) is 11.8 Å². The second-order valence-corrected chi connectivity index (χ2v) is 9.85. The highest BCUT2D eigenvalue weighted by molar-refractivity contribution is 7.12. The summed E-state index contributed by atoms with van der Waals surface area (Å²) < 4.78 is 5.67. The summed E-state index contributed by atoms with van der Waals surface area (Å²) in [5.41, 5.74) is 3.21. The average Bonchev–Trinajstić information content (AvgIpc) is 3.60. The summed E-state index contributed by atoms with van der Waals surface area (Å²) in [6, 6.07) is 17.6. The Hall–Kier alpha value is -3.49. The van der Waals surface area contributed by atoms with Gasteiger partial charge in [-0.15, -0.1) is 11.3 Å². The number of aryl methyl sites for hydroxylation is 2. The van der Waals surface area contributed by atoms with Crippen LogP contribution in [0.2, 0.25) is 0 Å². The van der Waals surface area contributed by atoms with Gasteiger partial charge in [-0.05, 0) is 55.3 Å². The van der Waals surface area contributed by atoms with Crippen molar-refractivity contribution >= 4 is 34.7 Å². The van der Waals surface area contributed by atoms with E-state index in [4.69, 9.17) is 4.74 Å². The van der Waals surface area contributed by atoms with Gasteiger partial charge in [0, 0.05) is 18.8 Å². The number of ether oxygens (including phenoxy) is 1. The van der Waals surface area contributed by atoms with Crippen LogP contribution < -0.4 is 15.5 Å². The fourth-order valence-electron chi connectivity index (χ4n) is 4.40. The molecule has 1 saturated heterocycles. The van der Waals surface area contributed by atoms with Crippen LogP contribution in [-0.4, -0.2) is 43.5 Å². The fourth-order valence-corrected chi connectivity index (χ4v) is 5.04. The highest BCUT2D eigenvalue weighted by Crippen LogP contribution is 2.31. The first-order chi connectivity index (χ1) is 17.4. The summed E-state index contributed by atoms with van der Waals surface area (Å²) >= 11 is 1.31. The highest BCUT2D eigenvalue weighted by Gasteiger charge is 2.34. The molecule has 1 aliphatic heterocycles. The van der Waals surface area contributed by atoms with E-state index >= 15 is 0 Å². The lowest BCUT2D eigenvalue weighted by atomic mass is 10.0. The second kappa shape index (κ2) is 12.0. The summed E-state index contributed by atoms with van der Waals surface area (Å²) in [5, 5.41) is 7.53. The molecule has 188 valence electrons. The van der Waals surface area contributed by atoms with E-state index in [1.54, 1.807) is 12.1 Å².